The number of halogens is 4. The first kappa shape index (κ1) is 15.1. The average molecular weight is 354 g/mol. The number of hydrogen-bond donors (Lipinski definition) is 0. The molecule has 0 aliphatic heterocycles. The van der Waals surface area contributed by atoms with Gasteiger partial charge in [0.15, 0.2) is 5.15 Å². The summed E-state index contributed by atoms with van der Waals surface area (Å²) >= 11 is 23.1. The van der Waals surface area contributed by atoms with Gasteiger partial charge in [-0.2, -0.15) is 4.98 Å². The molecular weight excluding hydrogens is 350 g/mol. The van der Waals surface area contributed by atoms with Crippen LogP contribution in [0.2, 0.25) is 20.2 Å². The van der Waals surface area contributed by atoms with Gasteiger partial charge in [-0.1, -0.05) is 46.4 Å². The molecule has 0 saturated heterocycles. The van der Waals surface area contributed by atoms with Gasteiger partial charge >= 0.3 is 5.69 Å². The zero-order valence-electron chi connectivity index (χ0n) is 9.44. The van der Waals surface area contributed by atoms with E-state index in [1.54, 1.807) is 0 Å². The summed E-state index contributed by atoms with van der Waals surface area (Å²) in [6.45, 7) is 0. The van der Waals surface area contributed by atoms with Crippen molar-refractivity contribution in [3.8, 4) is 11.6 Å². The van der Waals surface area contributed by atoms with Crippen LogP contribution in [-0.2, 0) is 0 Å². The minimum atomic E-state index is -0.632. The van der Waals surface area contributed by atoms with Gasteiger partial charge in [0.25, 0.3) is 0 Å². The molecule has 0 aliphatic rings. The van der Waals surface area contributed by atoms with E-state index in [2.05, 4.69) is 4.98 Å². The first-order chi connectivity index (χ1) is 9.38. The number of aromatic nitrogens is 1. The van der Waals surface area contributed by atoms with Crippen LogP contribution in [0.4, 0.5) is 5.69 Å². The van der Waals surface area contributed by atoms with Crippen LogP contribution < -0.4 is 4.74 Å². The third-order valence-corrected chi connectivity index (χ3v) is 3.36. The molecule has 0 unspecified atom stereocenters. The van der Waals surface area contributed by atoms with Crippen LogP contribution in [0.15, 0.2) is 24.3 Å². The number of hydrogen-bond acceptors (Lipinski definition) is 4. The number of rotatable bonds is 3. The summed E-state index contributed by atoms with van der Waals surface area (Å²) in [6, 6.07) is 5.26. The van der Waals surface area contributed by atoms with Crippen LogP contribution in [0.1, 0.15) is 0 Å². The van der Waals surface area contributed by atoms with Crippen LogP contribution >= 0.6 is 46.4 Å². The van der Waals surface area contributed by atoms with Gasteiger partial charge in [-0.05, 0) is 18.2 Å². The van der Waals surface area contributed by atoms with Gasteiger partial charge in [0.2, 0.25) is 11.6 Å². The first-order valence-corrected chi connectivity index (χ1v) is 6.53. The standard InChI is InChI=1S/C11H4Cl4N2O3/c12-5-1-2-9(8(3-5)17(18)19)20-11-7(14)4-6(13)10(15)16-11/h1-4H. The summed E-state index contributed by atoms with van der Waals surface area (Å²) in [7, 11) is 0. The van der Waals surface area contributed by atoms with Crippen molar-refractivity contribution in [2.75, 3.05) is 0 Å². The number of pyridine rings is 1. The molecule has 0 saturated carbocycles. The molecule has 0 bridgehead atoms. The summed E-state index contributed by atoms with van der Waals surface area (Å²) in [5.41, 5.74) is -0.318. The summed E-state index contributed by atoms with van der Waals surface area (Å²) in [6.07, 6.45) is 0. The second-order valence-electron chi connectivity index (χ2n) is 3.52. The van der Waals surface area contributed by atoms with Gasteiger partial charge in [0.1, 0.15) is 5.02 Å². The molecule has 9 heteroatoms. The molecule has 0 radical (unpaired) electrons. The van der Waals surface area contributed by atoms with Crippen molar-refractivity contribution in [3.63, 3.8) is 0 Å². The second kappa shape index (κ2) is 6.01. The van der Waals surface area contributed by atoms with E-state index in [0.29, 0.717) is 0 Å². The van der Waals surface area contributed by atoms with E-state index < -0.39 is 4.92 Å². The van der Waals surface area contributed by atoms with Crippen molar-refractivity contribution in [1.29, 1.82) is 0 Å². The maximum Gasteiger partial charge on any atom is 0.313 e. The quantitative estimate of drug-likeness (QED) is 0.421. The number of nitro benzene ring substituents is 1. The molecule has 20 heavy (non-hydrogen) atoms. The summed E-state index contributed by atoms with van der Waals surface area (Å²) in [5, 5.41) is 11.3. The molecular formula is C11H4Cl4N2O3. The molecule has 104 valence electrons. The van der Waals surface area contributed by atoms with Crippen LogP contribution in [-0.4, -0.2) is 9.91 Å². The highest BCUT2D eigenvalue weighted by molar-refractivity contribution is 6.42. The fourth-order valence-corrected chi connectivity index (χ4v) is 2.02. The number of nitro groups is 1. The second-order valence-corrected chi connectivity index (χ2v) is 5.13. The molecule has 0 spiro atoms. The van der Waals surface area contributed by atoms with Crippen LogP contribution in [0.25, 0.3) is 0 Å². The molecule has 5 nitrogen and oxygen atoms in total. The molecule has 0 N–H and O–H groups in total. The maximum absolute atomic E-state index is 10.9. The number of ether oxygens (including phenoxy) is 1. The molecule has 1 heterocycles. The molecule has 2 rings (SSSR count). The Morgan fingerprint density at radius 1 is 1.10 bits per heavy atom. The Morgan fingerprint density at radius 3 is 2.45 bits per heavy atom. The zero-order chi connectivity index (χ0) is 14.9. The lowest BCUT2D eigenvalue weighted by Gasteiger charge is -2.08. The largest absolute Gasteiger partial charge is 0.430 e. The zero-order valence-corrected chi connectivity index (χ0v) is 12.5. The van der Waals surface area contributed by atoms with E-state index in [9.17, 15) is 10.1 Å². The number of benzene rings is 1. The van der Waals surface area contributed by atoms with E-state index in [4.69, 9.17) is 51.1 Å². The third-order valence-electron chi connectivity index (χ3n) is 2.18. The van der Waals surface area contributed by atoms with Crippen molar-refractivity contribution in [2.45, 2.75) is 0 Å². The lowest BCUT2D eigenvalue weighted by Crippen LogP contribution is -1.95. The van der Waals surface area contributed by atoms with Crippen LogP contribution in [0, 0.1) is 10.1 Å². The Balaban J connectivity index is 2.45. The Bertz CT molecular complexity index is 694. The molecule has 1 aromatic carbocycles. The van der Waals surface area contributed by atoms with Gasteiger partial charge in [-0.3, -0.25) is 10.1 Å². The predicted octanol–water partition coefficient (Wildman–Crippen LogP) is 5.40. The molecule has 0 fully saturated rings. The highest BCUT2D eigenvalue weighted by atomic mass is 35.5. The minimum Gasteiger partial charge on any atom is -0.430 e. The van der Waals surface area contributed by atoms with Gasteiger partial charge in [0, 0.05) is 11.1 Å². The van der Waals surface area contributed by atoms with Crippen LogP contribution in [0.3, 0.4) is 0 Å². The van der Waals surface area contributed by atoms with E-state index >= 15 is 0 Å². The van der Waals surface area contributed by atoms with E-state index in [1.165, 1.54) is 18.2 Å². The monoisotopic (exact) mass is 352 g/mol. The van der Waals surface area contributed by atoms with Crippen LogP contribution in [0.5, 0.6) is 11.6 Å². The van der Waals surface area contributed by atoms with E-state index in [1.807, 2.05) is 0 Å². The summed E-state index contributed by atoms with van der Waals surface area (Å²) < 4.78 is 5.31. The fourth-order valence-electron chi connectivity index (χ4n) is 1.32. The lowest BCUT2D eigenvalue weighted by molar-refractivity contribution is -0.385. The van der Waals surface area contributed by atoms with E-state index in [-0.39, 0.29) is 37.5 Å². The maximum atomic E-state index is 10.9. The smallest absolute Gasteiger partial charge is 0.313 e. The molecule has 2 aromatic rings. The first-order valence-electron chi connectivity index (χ1n) is 5.02. The predicted molar refractivity (Wildman–Crippen MR) is 77.4 cm³/mol. The average Bonchev–Trinajstić information content (AvgIpc) is 2.37. The Hall–Kier alpha value is -1.27. The Kier molecular flexibility index (Phi) is 4.55. The third kappa shape index (κ3) is 3.24. The SMILES string of the molecule is O=[N+]([O-])c1cc(Cl)ccc1Oc1nc(Cl)c(Cl)cc1Cl. The highest BCUT2D eigenvalue weighted by Crippen LogP contribution is 2.37. The van der Waals surface area contributed by atoms with Gasteiger partial charge in [-0.15, -0.1) is 0 Å². The van der Waals surface area contributed by atoms with Crippen molar-refractivity contribution in [2.24, 2.45) is 0 Å². The number of nitrogens with zero attached hydrogens (tertiary/aromatic N) is 2. The van der Waals surface area contributed by atoms with Crippen molar-refractivity contribution in [3.05, 3.63) is 54.6 Å². The Morgan fingerprint density at radius 2 is 1.80 bits per heavy atom. The highest BCUT2D eigenvalue weighted by Gasteiger charge is 2.19. The minimum absolute atomic E-state index is 0.0253. The van der Waals surface area contributed by atoms with Crippen molar-refractivity contribution in [1.82, 2.24) is 4.98 Å². The van der Waals surface area contributed by atoms with Crippen molar-refractivity contribution >= 4 is 52.1 Å². The molecule has 0 amide bonds. The van der Waals surface area contributed by atoms with Crippen molar-refractivity contribution < 1.29 is 9.66 Å². The summed E-state index contributed by atoms with van der Waals surface area (Å²) in [5.74, 6) is -0.154. The lowest BCUT2D eigenvalue weighted by atomic mass is 10.3. The summed E-state index contributed by atoms with van der Waals surface area (Å²) in [4.78, 5) is 14.1. The molecule has 1 aromatic heterocycles. The Labute approximate surface area is 133 Å². The normalized spacial score (nSPS) is 10.4. The molecule has 0 aliphatic carbocycles. The van der Waals surface area contributed by atoms with Gasteiger partial charge in [-0.25, -0.2) is 0 Å². The fraction of sp³-hybridized carbons (Fsp3) is 0. The molecule has 0 atom stereocenters. The van der Waals surface area contributed by atoms with E-state index in [0.717, 1.165) is 6.07 Å². The van der Waals surface area contributed by atoms with Gasteiger partial charge < -0.3 is 4.74 Å². The topological polar surface area (TPSA) is 65.3 Å². The van der Waals surface area contributed by atoms with Gasteiger partial charge in [0.05, 0.1) is 9.95 Å².